The summed E-state index contributed by atoms with van der Waals surface area (Å²) in [7, 11) is -2.43. The van der Waals surface area contributed by atoms with Gasteiger partial charge >= 0.3 is 0 Å². The van der Waals surface area contributed by atoms with Crippen molar-refractivity contribution in [2.75, 3.05) is 7.11 Å². The Hall–Kier alpha value is -0.660. The molecule has 2 atom stereocenters. The first-order valence-electron chi connectivity index (χ1n) is 3.19. The van der Waals surface area contributed by atoms with Crippen LogP contribution in [0.3, 0.4) is 0 Å². The molecule has 0 saturated heterocycles. The van der Waals surface area contributed by atoms with Crippen LogP contribution in [0.5, 0.6) is 0 Å². The Bertz CT molecular complexity index is 261. The third-order valence-electron chi connectivity index (χ3n) is 1.51. The van der Waals surface area contributed by atoms with Gasteiger partial charge in [-0.1, -0.05) is 0 Å². The van der Waals surface area contributed by atoms with Crippen LogP contribution in [0.1, 0.15) is 6.92 Å². The van der Waals surface area contributed by atoms with Gasteiger partial charge in [-0.2, -0.15) is 0 Å². The molecule has 0 aromatic rings. The van der Waals surface area contributed by atoms with Crippen LogP contribution in [-0.2, 0) is 14.8 Å². The van der Waals surface area contributed by atoms with Gasteiger partial charge in [0, 0.05) is 7.11 Å². The Morgan fingerprint density at radius 2 is 2.00 bits per heavy atom. The van der Waals surface area contributed by atoms with E-state index in [1.165, 1.54) is 14.0 Å². The molecule has 0 bridgehead atoms. The summed E-state index contributed by atoms with van der Waals surface area (Å²) in [4.78, 5) is 0. The van der Waals surface area contributed by atoms with Gasteiger partial charge in [0.1, 0.15) is 17.2 Å². The molecule has 0 saturated carbocycles. The molecular formula is C5H13N3O3S. The second-order valence-corrected chi connectivity index (χ2v) is 4.33. The maximum absolute atomic E-state index is 10.8. The zero-order chi connectivity index (χ0) is 9.94. The summed E-state index contributed by atoms with van der Waals surface area (Å²) in [5.41, 5.74) is 5.08. The van der Waals surface area contributed by atoms with Crippen molar-refractivity contribution in [3.8, 4) is 0 Å². The van der Waals surface area contributed by atoms with Crippen LogP contribution in [0, 0.1) is 5.41 Å². The Kier molecular flexibility index (Phi) is 3.62. The first kappa shape index (κ1) is 11.3. The average molecular weight is 195 g/mol. The van der Waals surface area contributed by atoms with E-state index >= 15 is 0 Å². The standard InChI is InChI=1S/C5H13N3O3S/c1-3(12(8,9)10)4(11-2)5(6)7/h3-4H,1-2H3,(H3,6,7)(H2,8,9,10)/t3-,4-/m0/s1. The zero-order valence-corrected chi connectivity index (χ0v) is 7.76. The fourth-order valence-electron chi connectivity index (χ4n) is 0.744. The highest BCUT2D eigenvalue weighted by molar-refractivity contribution is 7.89. The molecule has 0 aliphatic heterocycles. The van der Waals surface area contributed by atoms with Gasteiger partial charge in [-0.05, 0) is 6.92 Å². The molecule has 0 spiro atoms. The van der Waals surface area contributed by atoms with Crippen LogP contribution in [-0.4, -0.2) is 32.7 Å². The summed E-state index contributed by atoms with van der Waals surface area (Å²) in [5, 5.41) is 10.8. The summed E-state index contributed by atoms with van der Waals surface area (Å²) in [5.74, 6) is -0.348. The predicted octanol–water partition coefficient (Wildman–Crippen LogP) is -1.39. The number of primary sulfonamides is 1. The summed E-state index contributed by atoms with van der Waals surface area (Å²) in [6.07, 6.45) is -0.972. The van der Waals surface area contributed by atoms with Crippen molar-refractivity contribution in [1.29, 1.82) is 5.41 Å². The van der Waals surface area contributed by atoms with Crippen LogP contribution >= 0.6 is 0 Å². The molecule has 7 heteroatoms. The number of rotatable bonds is 4. The van der Waals surface area contributed by atoms with Gasteiger partial charge < -0.3 is 10.5 Å². The van der Waals surface area contributed by atoms with Crippen molar-refractivity contribution < 1.29 is 13.2 Å². The summed E-state index contributed by atoms with van der Waals surface area (Å²) in [6, 6.07) is 0. The lowest BCUT2D eigenvalue weighted by Crippen LogP contribution is -2.45. The molecule has 0 radical (unpaired) electrons. The monoisotopic (exact) mass is 195 g/mol. The van der Waals surface area contributed by atoms with Gasteiger partial charge in [0.2, 0.25) is 10.0 Å². The number of hydrogen-bond donors (Lipinski definition) is 3. The molecule has 0 fully saturated rings. The molecule has 0 aliphatic rings. The Labute approximate surface area is 71.4 Å². The first-order valence-corrected chi connectivity index (χ1v) is 4.80. The smallest absolute Gasteiger partial charge is 0.214 e. The minimum absolute atomic E-state index is 0.348. The molecule has 12 heavy (non-hydrogen) atoms. The summed E-state index contributed by atoms with van der Waals surface area (Å²) < 4.78 is 26.3. The molecule has 0 amide bonds. The molecule has 5 N–H and O–H groups in total. The lowest BCUT2D eigenvalue weighted by molar-refractivity contribution is 0.153. The Morgan fingerprint density at radius 1 is 1.58 bits per heavy atom. The molecule has 0 rings (SSSR count). The third kappa shape index (κ3) is 2.76. The molecule has 0 aliphatic carbocycles. The van der Waals surface area contributed by atoms with Gasteiger partial charge in [-0.25, -0.2) is 13.6 Å². The maximum atomic E-state index is 10.8. The Balaban J connectivity index is 4.66. The van der Waals surface area contributed by atoms with Crippen molar-refractivity contribution in [3.05, 3.63) is 0 Å². The molecule has 0 heterocycles. The van der Waals surface area contributed by atoms with Crippen LogP contribution in [0.15, 0.2) is 0 Å². The lowest BCUT2D eigenvalue weighted by Gasteiger charge is -2.18. The van der Waals surface area contributed by atoms with Crippen LogP contribution < -0.4 is 10.9 Å². The van der Waals surface area contributed by atoms with E-state index in [0.29, 0.717) is 0 Å². The third-order valence-corrected chi connectivity index (χ3v) is 2.79. The Morgan fingerprint density at radius 3 is 2.08 bits per heavy atom. The number of methoxy groups -OCH3 is 1. The molecular weight excluding hydrogens is 182 g/mol. The molecule has 0 aromatic carbocycles. The van der Waals surface area contributed by atoms with E-state index < -0.39 is 21.4 Å². The van der Waals surface area contributed by atoms with Crippen molar-refractivity contribution in [1.82, 2.24) is 0 Å². The fraction of sp³-hybridized carbons (Fsp3) is 0.800. The van der Waals surface area contributed by atoms with Gasteiger partial charge in [-0.15, -0.1) is 0 Å². The van der Waals surface area contributed by atoms with Crippen molar-refractivity contribution in [3.63, 3.8) is 0 Å². The molecule has 6 nitrogen and oxygen atoms in total. The minimum atomic E-state index is -3.70. The summed E-state index contributed by atoms with van der Waals surface area (Å²) in [6.45, 7) is 1.34. The lowest BCUT2D eigenvalue weighted by atomic mass is 10.2. The van der Waals surface area contributed by atoms with E-state index in [9.17, 15) is 8.42 Å². The summed E-state index contributed by atoms with van der Waals surface area (Å²) >= 11 is 0. The number of nitrogens with two attached hydrogens (primary N) is 2. The first-order chi connectivity index (χ1) is 5.30. The number of ether oxygens (including phenoxy) is 1. The van der Waals surface area contributed by atoms with Crippen molar-refractivity contribution in [2.24, 2.45) is 10.9 Å². The highest BCUT2D eigenvalue weighted by Gasteiger charge is 2.28. The predicted molar refractivity (Wildman–Crippen MR) is 45.3 cm³/mol. The van der Waals surface area contributed by atoms with Gasteiger partial charge in [0.15, 0.2) is 0 Å². The number of sulfonamides is 1. The molecule has 0 unspecified atom stereocenters. The zero-order valence-electron chi connectivity index (χ0n) is 6.94. The van der Waals surface area contributed by atoms with E-state index in [4.69, 9.17) is 21.0 Å². The van der Waals surface area contributed by atoms with E-state index in [1.807, 2.05) is 0 Å². The second kappa shape index (κ2) is 3.83. The fourth-order valence-corrected chi connectivity index (χ4v) is 1.35. The number of hydrogen-bond acceptors (Lipinski definition) is 4. The van der Waals surface area contributed by atoms with Crippen molar-refractivity contribution in [2.45, 2.75) is 18.3 Å². The number of amidine groups is 1. The van der Waals surface area contributed by atoms with Crippen LogP contribution in [0.4, 0.5) is 0 Å². The van der Waals surface area contributed by atoms with Crippen molar-refractivity contribution >= 4 is 15.9 Å². The minimum Gasteiger partial charge on any atom is -0.385 e. The quantitative estimate of drug-likeness (QED) is 0.378. The van der Waals surface area contributed by atoms with Gasteiger partial charge in [0.05, 0.1) is 0 Å². The number of nitrogens with one attached hydrogen (secondary N) is 1. The normalized spacial score (nSPS) is 16.9. The van der Waals surface area contributed by atoms with Gasteiger partial charge in [-0.3, -0.25) is 5.41 Å². The topological polar surface area (TPSA) is 119 Å². The van der Waals surface area contributed by atoms with E-state index in [0.717, 1.165) is 0 Å². The van der Waals surface area contributed by atoms with E-state index in [2.05, 4.69) is 0 Å². The largest absolute Gasteiger partial charge is 0.385 e. The van der Waals surface area contributed by atoms with E-state index in [1.54, 1.807) is 0 Å². The van der Waals surface area contributed by atoms with Crippen LogP contribution in [0.2, 0.25) is 0 Å². The highest BCUT2D eigenvalue weighted by Crippen LogP contribution is 2.04. The average Bonchev–Trinajstić information content (AvgIpc) is 1.86. The van der Waals surface area contributed by atoms with Gasteiger partial charge in [0.25, 0.3) is 0 Å². The van der Waals surface area contributed by atoms with Crippen LogP contribution in [0.25, 0.3) is 0 Å². The maximum Gasteiger partial charge on any atom is 0.214 e. The highest BCUT2D eigenvalue weighted by atomic mass is 32.2. The SMILES string of the molecule is CO[C@H](C(=N)N)[C@H](C)S(N)(=O)=O. The van der Waals surface area contributed by atoms with E-state index in [-0.39, 0.29) is 5.84 Å². The molecule has 72 valence electrons. The second-order valence-electron chi connectivity index (χ2n) is 2.41. The molecule has 0 aromatic heterocycles.